The van der Waals surface area contributed by atoms with Crippen molar-refractivity contribution in [3.05, 3.63) is 30.1 Å². The molecule has 1 rings (SSSR count). The molecule has 0 aromatic carbocycles. The molecule has 0 aliphatic carbocycles. The minimum Gasteiger partial charge on any atom is -0.318 e. The van der Waals surface area contributed by atoms with Crippen LogP contribution in [-0.2, 0) is 16.4 Å². The van der Waals surface area contributed by atoms with Crippen molar-refractivity contribution >= 4 is 10.0 Å². The zero-order chi connectivity index (χ0) is 12.7. The normalized spacial score (nSPS) is 11.9. The summed E-state index contributed by atoms with van der Waals surface area (Å²) >= 11 is 0. The summed E-state index contributed by atoms with van der Waals surface area (Å²) in [5.41, 5.74) is 0.991. The monoisotopic (exact) mass is 257 g/mol. The van der Waals surface area contributed by atoms with Crippen LogP contribution < -0.4 is 5.32 Å². The number of aryl methyl sites for hydroxylation is 1. The second-order valence-corrected chi connectivity index (χ2v) is 6.04. The van der Waals surface area contributed by atoms with Crippen LogP contribution in [0.3, 0.4) is 0 Å². The van der Waals surface area contributed by atoms with Crippen LogP contribution in [0.4, 0.5) is 0 Å². The van der Waals surface area contributed by atoms with E-state index >= 15 is 0 Å². The van der Waals surface area contributed by atoms with E-state index in [1.54, 1.807) is 26.5 Å². The Bertz CT molecular complexity index is 420. The van der Waals surface area contributed by atoms with Crippen molar-refractivity contribution in [1.29, 1.82) is 0 Å². The maximum atomic E-state index is 11.9. The number of aromatic nitrogens is 1. The molecule has 0 aliphatic rings. The van der Waals surface area contributed by atoms with Crippen molar-refractivity contribution in [1.82, 2.24) is 14.6 Å². The van der Waals surface area contributed by atoms with Crippen LogP contribution in [0.15, 0.2) is 24.5 Å². The number of rotatable bonds is 7. The summed E-state index contributed by atoms with van der Waals surface area (Å²) in [6.45, 7) is 1.15. The maximum absolute atomic E-state index is 11.9. The Balaban J connectivity index is 2.50. The van der Waals surface area contributed by atoms with Gasteiger partial charge in [0, 0.05) is 32.5 Å². The van der Waals surface area contributed by atoms with E-state index in [0.717, 1.165) is 5.56 Å². The van der Waals surface area contributed by atoms with Gasteiger partial charge < -0.3 is 5.32 Å². The molecule has 0 amide bonds. The number of hydrogen-bond donors (Lipinski definition) is 1. The van der Waals surface area contributed by atoms with Gasteiger partial charge in [0.2, 0.25) is 10.0 Å². The molecular formula is C11H19N3O2S. The van der Waals surface area contributed by atoms with Crippen molar-refractivity contribution < 1.29 is 8.42 Å². The summed E-state index contributed by atoms with van der Waals surface area (Å²) in [7, 11) is 0.256. The minimum absolute atomic E-state index is 0.136. The molecule has 0 fully saturated rings. The topological polar surface area (TPSA) is 62.3 Å². The van der Waals surface area contributed by atoms with Gasteiger partial charge in [0.15, 0.2) is 0 Å². The van der Waals surface area contributed by atoms with Gasteiger partial charge in [0.25, 0.3) is 0 Å². The van der Waals surface area contributed by atoms with Gasteiger partial charge in [-0.2, -0.15) is 0 Å². The molecule has 1 heterocycles. The van der Waals surface area contributed by atoms with E-state index < -0.39 is 10.0 Å². The molecule has 1 aromatic rings. The minimum atomic E-state index is -3.16. The van der Waals surface area contributed by atoms with Crippen LogP contribution in [-0.4, -0.2) is 50.6 Å². The largest absolute Gasteiger partial charge is 0.318 e. The predicted octanol–water partition coefficient (Wildman–Crippen LogP) is 0.105. The van der Waals surface area contributed by atoms with Crippen LogP contribution in [0.25, 0.3) is 0 Å². The fraction of sp³-hybridized carbons (Fsp3) is 0.545. The number of nitrogens with one attached hydrogen (secondary N) is 1. The van der Waals surface area contributed by atoms with Crippen LogP contribution in [0.2, 0.25) is 0 Å². The molecule has 5 nitrogen and oxygen atoms in total. The summed E-state index contributed by atoms with van der Waals surface area (Å²) in [5, 5.41) is 2.93. The third kappa shape index (κ3) is 4.80. The highest BCUT2D eigenvalue weighted by Crippen LogP contribution is 2.03. The molecular weight excluding hydrogens is 238 g/mol. The maximum Gasteiger partial charge on any atom is 0.214 e. The third-order valence-electron chi connectivity index (χ3n) is 2.55. The van der Waals surface area contributed by atoms with Gasteiger partial charge in [0.05, 0.1) is 5.75 Å². The Kier molecular flexibility index (Phi) is 5.54. The van der Waals surface area contributed by atoms with Crippen LogP contribution in [0.5, 0.6) is 0 Å². The summed E-state index contributed by atoms with van der Waals surface area (Å²) in [5.74, 6) is 0.136. The summed E-state index contributed by atoms with van der Waals surface area (Å²) in [6, 6.07) is 3.67. The average Bonchev–Trinajstić information content (AvgIpc) is 2.35. The van der Waals surface area contributed by atoms with Gasteiger partial charge in [-0.25, -0.2) is 12.7 Å². The van der Waals surface area contributed by atoms with Gasteiger partial charge in [-0.15, -0.1) is 0 Å². The molecule has 0 aliphatic heterocycles. The molecule has 0 saturated carbocycles. The van der Waals surface area contributed by atoms with E-state index in [-0.39, 0.29) is 5.75 Å². The highest BCUT2D eigenvalue weighted by Gasteiger charge is 2.16. The van der Waals surface area contributed by atoms with E-state index in [0.29, 0.717) is 19.5 Å². The van der Waals surface area contributed by atoms with Crippen molar-refractivity contribution in [3.8, 4) is 0 Å². The molecule has 96 valence electrons. The van der Waals surface area contributed by atoms with Gasteiger partial charge in [-0.3, -0.25) is 4.98 Å². The molecule has 0 unspecified atom stereocenters. The van der Waals surface area contributed by atoms with E-state index in [1.165, 1.54) is 4.31 Å². The summed E-state index contributed by atoms with van der Waals surface area (Å²) < 4.78 is 25.2. The molecule has 6 heteroatoms. The molecule has 0 saturated heterocycles. The lowest BCUT2D eigenvalue weighted by atomic mass is 10.2. The number of nitrogens with zero attached hydrogens (tertiary/aromatic N) is 2. The van der Waals surface area contributed by atoms with Crippen molar-refractivity contribution in [2.45, 2.75) is 6.42 Å². The fourth-order valence-corrected chi connectivity index (χ4v) is 2.54. The average molecular weight is 257 g/mol. The summed E-state index contributed by atoms with van der Waals surface area (Å²) in [4.78, 5) is 3.90. The van der Waals surface area contributed by atoms with Crippen LogP contribution >= 0.6 is 0 Å². The molecule has 0 spiro atoms. The molecule has 0 radical (unpaired) electrons. The number of hydrogen-bond acceptors (Lipinski definition) is 4. The molecule has 0 bridgehead atoms. The second kappa shape index (κ2) is 6.68. The summed E-state index contributed by atoms with van der Waals surface area (Å²) in [6.07, 6.45) is 3.87. The Labute approximate surface area is 103 Å². The second-order valence-electron chi connectivity index (χ2n) is 3.85. The highest BCUT2D eigenvalue weighted by molar-refractivity contribution is 7.89. The van der Waals surface area contributed by atoms with Gasteiger partial charge >= 0.3 is 0 Å². The van der Waals surface area contributed by atoms with Gasteiger partial charge in [-0.05, 0) is 31.2 Å². The first kappa shape index (κ1) is 14.1. The number of sulfonamides is 1. The first-order valence-electron chi connectivity index (χ1n) is 5.54. The van der Waals surface area contributed by atoms with Crippen LogP contribution in [0.1, 0.15) is 5.56 Å². The fourth-order valence-electron chi connectivity index (χ4n) is 1.36. The van der Waals surface area contributed by atoms with E-state index in [4.69, 9.17) is 0 Å². The highest BCUT2D eigenvalue weighted by atomic mass is 32.2. The SMILES string of the molecule is CNCCN(C)S(=O)(=O)CCc1ccncc1. The van der Waals surface area contributed by atoms with E-state index in [1.807, 2.05) is 12.1 Å². The smallest absolute Gasteiger partial charge is 0.214 e. The van der Waals surface area contributed by atoms with Gasteiger partial charge in [0.1, 0.15) is 0 Å². The van der Waals surface area contributed by atoms with Crippen molar-refractivity contribution in [3.63, 3.8) is 0 Å². The molecule has 17 heavy (non-hydrogen) atoms. The number of pyridine rings is 1. The quantitative estimate of drug-likeness (QED) is 0.753. The van der Waals surface area contributed by atoms with E-state index in [9.17, 15) is 8.42 Å². The Hall–Kier alpha value is -0.980. The van der Waals surface area contributed by atoms with Crippen molar-refractivity contribution in [2.24, 2.45) is 0 Å². The molecule has 1 N–H and O–H groups in total. The van der Waals surface area contributed by atoms with E-state index in [2.05, 4.69) is 10.3 Å². The zero-order valence-corrected chi connectivity index (χ0v) is 11.1. The first-order valence-corrected chi connectivity index (χ1v) is 7.14. The Morgan fingerprint density at radius 3 is 2.59 bits per heavy atom. The number of likely N-dealkylation sites (N-methyl/N-ethyl adjacent to an activating group) is 2. The lowest BCUT2D eigenvalue weighted by Gasteiger charge is -2.16. The lowest BCUT2D eigenvalue weighted by molar-refractivity contribution is 0.466. The Morgan fingerprint density at radius 1 is 1.35 bits per heavy atom. The Morgan fingerprint density at radius 2 is 2.00 bits per heavy atom. The predicted molar refractivity (Wildman–Crippen MR) is 68.3 cm³/mol. The van der Waals surface area contributed by atoms with Crippen LogP contribution in [0, 0.1) is 0 Å². The third-order valence-corrected chi connectivity index (χ3v) is 4.40. The lowest BCUT2D eigenvalue weighted by Crippen LogP contribution is -2.34. The molecule has 1 aromatic heterocycles. The zero-order valence-electron chi connectivity index (χ0n) is 10.3. The molecule has 0 atom stereocenters. The standard InChI is InChI=1S/C11H19N3O2S/c1-12-8-9-14(2)17(15,16)10-5-11-3-6-13-7-4-11/h3-4,6-7,12H,5,8-10H2,1-2H3. The first-order chi connectivity index (χ1) is 8.06. The van der Waals surface area contributed by atoms with Gasteiger partial charge in [-0.1, -0.05) is 0 Å². The van der Waals surface area contributed by atoms with Crippen molar-refractivity contribution in [2.75, 3.05) is 32.9 Å².